The van der Waals surface area contributed by atoms with Crippen LogP contribution in [0.15, 0.2) is 24.3 Å². The van der Waals surface area contributed by atoms with Gasteiger partial charge in [0.15, 0.2) is 11.6 Å². The molecule has 0 amide bonds. The van der Waals surface area contributed by atoms with Gasteiger partial charge in [-0.3, -0.25) is 9.59 Å². The summed E-state index contributed by atoms with van der Waals surface area (Å²) in [6.45, 7) is 15.3. The quantitative estimate of drug-likeness (QED) is 0.394. The lowest BCUT2D eigenvalue weighted by Crippen LogP contribution is -2.12. The second-order valence-electron chi connectivity index (χ2n) is 9.19. The SMILES string of the molecule is CC(=O)c1ccc(C(C)(C)C)c(Cl)c1Cl.CC(=O)c1ccc(C(C)(C)C)c(Cl)c1Cl. The van der Waals surface area contributed by atoms with Gasteiger partial charge in [-0.25, -0.2) is 0 Å². The predicted molar refractivity (Wildman–Crippen MR) is 130 cm³/mol. The fraction of sp³-hybridized carbons (Fsp3) is 0.417. The average Bonchev–Trinajstić information content (AvgIpc) is 2.57. The Morgan fingerprint density at radius 2 is 0.833 bits per heavy atom. The minimum absolute atomic E-state index is 0.0673. The van der Waals surface area contributed by atoms with E-state index in [9.17, 15) is 9.59 Å². The Morgan fingerprint density at radius 1 is 0.567 bits per heavy atom. The van der Waals surface area contributed by atoms with E-state index in [1.807, 2.05) is 12.1 Å². The summed E-state index contributed by atoms with van der Waals surface area (Å²) < 4.78 is 0. The minimum Gasteiger partial charge on any atom is -0.294 e. The lowest BCUT2D eigenvalue weighted by molar-refractivity contribution is 0.100. The molecule has 0 aliphatic carbocycles. The number of carbonyl (C=O) groups is 2. The molecule has 6 heteroatoms. The van der Waals surface area contributed by atoms with Crippen LogP contribution in [0, 0.1) is 0 Å². The molecule has 0 aliphatic heterocycles. The highest BCUT2D eigenvalue weighted by molar-refractivity contribution is 6.45. The van der Waals surface area contributed by atoms with Gasteiger partial charge < -0.3 is 0 Å². The van der Waals surface area contributed by atoms with E-state index in [1.54, 1.807) is 12.1 Å². The minimum atomic E-state index is -0.0734. The maximum absolute atomic E-state index is 11.2. The number of carbonyl (C=O) groups excluding carboxylic acids is 2. The van der Waals surface area contributed by atoms with Crippen molar-refractivity contribution in [2.45, 2.75) is 66.2 Å². The zero-order chi connectivity index (χ0) is 23.6. The fourth-order valence-electron chi connectivity index (χ4n) is 2.80. The third-order valence-electron chi connectivity index (χ3n) is 4.54. The first kappa shape index (κ1) is 27.0. The van der Waals surface area contributed by atoms with E-state index in [1.165, 1.54) is 13.8 Å². The standard InChI is InChI=1S/2C12H14Cl2O/c2*1-7(15)8-5-6-9(12(2,3)4)11(14)10(8)13/h2*5-6H,1-4H3. The molecular formula is C24H28Cl4O2. The van der Waals surface area contributed by atoms with Crippen molar-refractivity contribution in [1.29, 1.82) is 0 Å². The van der Waals surface area contributed by atoms with Gasteiger partial charge in [-0.05, 0) is 47.9 Å². The number of Topliss-reactive ketones (excluding diaryl/α,β-unsaturated/α-hetero) is 2. The number of rotatable bonds is 2. The van der Waals surface area contributed by atoms with Gasteiger partial charge in [0, 0.05) is 11.1 Å². The summed E-state index contributed by atoms with van der Waals surface area (Å²) >= 11 is 24.4. The van der Waals surface area contributed by atoms with Crippen molar-refractivity contribution in [3.63, 3.8) is 0 Å². The van der Waals surface area contributed by atoms with Crippen molar-refractivity contribution < 1.29 is 9.59 Å². The highest BCUT2D eigenvalue weighted by atomic mass is 35.5. The Kier molecular flexibility index (Phi) is 9.03. The lowest BCUT2D eigenvalue weighted by Gasteiger charge is -2.21. The van der Waals surface area contributed by atoms with Crippen molar-refractivity contribution in [3.05, 3.63) is 66.6 Å². The molecule has 2 nitrogen and oxygen atoms in total. The number of benzene rings is 2. The van der Waals surface area contributed by atoms with E-state index in [0.29, 0.717) is 31.2 Å². The summed E-state index contributed by atoms with van der Waals surface area (Å²) in [5.74, 6) is -0.135. The van der Waals surface area contributed by atoms with Crippen LogP contribution in [0.25, 0.3) is 0 Å². The lowest BCUT2D eigenvalue weighted by atomic mass is 9.86. The largest absolute Gasteiger partial charge is 0.294 e. The van der Waals surface area contributed by atoms with Crippen LogP contribution in [0.5, 0.6) is 0 Å². The van der Waals surface area contributed by atoms with E-state index in [4.69, 9.17) is 46.4 Å². The predicted octanol–water partition coefficient (Wildman–Crippen LogP) is 8.99. The molecule has 0 spiro atoms. The monoisotopic (exact) mass is 488 g/mol. The smallest absolute Gasteiger partial charge is 0.161 e. The molecule has 0 aromatic heterocycles. The first-order valence-corrected chi connectivity index (χ1v) is 11.0. The molecule has 0 heterocycles. The van der Waals surface area contributed by atoms with Crippen molar-refractivity contribution in [2.75, 3.05) is 0 Å². The highest BCUT2D eigenvalue weighted by Crippen LogP contribution is 2.37. The molecule has 0 bridgehead atoms. The summed E-state index contributed by atoms with van der Waals surface area (Å²) in [5, 5.41) is 1.68. The van der Waals surface area contributed by atoms with Gasteiger partial charge in [-0.2, -0.15) is 0 Å². The molecule has 2 rings (SSSR count). The molecule has 0 saturated heterocycles. The van der Waals surface area contributed by atoms with E-state index < -0.39 is 0 Å². The third-order valence-corrected chi connectivity index (χ3v) is 6.30. The maximum Gasteiger partial charge on any atom is 0.161 e. The van der Waals surface area contributed by atoms with Crippen molar-refractivity contribution in [3.8, 4) is 0 Å². The van der Waals surface area contributed by atoms with E-state index in [2.05, 4.69) is 41.5 Å². The van der Waals surface area contributed by atoms with Crippen molar-refractivity contribution in [2.24, 2.45) is 0 Å². The van der Waals surface area contributed by atoms with Crippen LogP contribution in [-0.2, 0) is 10.8 Å². The van der Waals surface area contributed by atoms with Crippen LogP contribution in [0.4, 0.5) is 0 Å². The number of hydrogen-bond donors (Lipinski definition) is 0. The summed E-state index contributed by atoms with van der Waals surface area (Å²) in [6, 6.07) is 7.20. The topological polar surface area (TPSA) is 34.1 Å². The molecule has 0 radical (unpaired) electrons. The van der Waals surface area contributed by atoms with Crippen LogP contribution in [0.2, 0.25) is 20.1 Å². The Balaban J connectivity index is 0.000000300. The van der Waals surface area contributed by atoms with Crippen molar-refractivity contribution in [1.82, 2.24) is 0 Å². The first-order chi connectivity index (χ1) is 13.5. The zero-order valence-electron chi connectivity index (χ0n) is 18.6. The summed E-state index contributed by atoms with van der Waals surface area (Å²) in [7, 11) is 0. The Hall–Kier alpha value is -1.06. The normalized spacial score (nSPS) is 11.6. The zero-order valence-corrected chi connectivity index (χ0v) is 21.7. The Bertz CT molecular complexity index is 885. The number of halogens is 4. The van der Waals surface area contributed by atoms with Gasteiger partial charge >= 0.3 is 0 Å². The second-order valence-corrected chi connectivity index (χ2v) is 10.7. The molecule has 0 saturated carbocycles. The van der Waals surface area contributed by atoms with Gasteiger partial charge in [0.25, 0.3) is 0 Å². The first-order valence-electron chi connectivity index (χ1n) is 9.49. The van der Waals surface area contributed by atoms with E-state index in [-0.39, 0.29) is 22.4 Å². The molecule has 164 valence electrons. The van der Waals surface area contributed by atoms with Gasteiger partial charge in [-0.15, -0.1) is 0 Å². The third kappa shape index (κ3) is 6.47. The van der Waals surface area contributed by atoms with Crippen LogP contribution >= 0.6 is 46.4 Å². The molecular weight excluding hydrogens is 462 g/mol. The van der Waals surface area contributed by atoms with Crippen LogP contribution in [0.1, 0.15) is 87.2 Å². The van der Waals surface area contributed by atoms with E-state index in [0.717, 1.165) is 11.1 Å². The summed E-state index contributed by atoms with van der Waals surface area (Å²) in [4.78, 5) is 22.5. The number of hydrogen-bond acceptors (Lipinski definition) is 2. The Labute approximate surface area is 199 Å². The van der Waals surface area contributed by atoms with Gasteiger partial charge in [0.1, 0.15) is 0 Å². The Morgan fingerprint density at radius 3 is 1.03 bits per heavy atom. The van der Waals surface area contributed by atoms with Crippen LogP contribution < -0.4 is 0 Å². The molecule has 0 unspecified atom stereocenters. The van der Waals surface area contributed by atoms with Crippen LogP contribution in [-0.4, -0.2) is 11.6 Å². The molecule has 30 heavy (non-hydrogen) atoms. The summed E-state index contributed by atoms with van der Waals surface area (Å²) in [5.41, 5.74) is 2.73. The van der Waals surface area contributed by atoms with Gasteiger partial charge in [0.2, 0.25) is 0 Å². The number of ketones is 2. The maximum atomic E-state index is 11.2. The van der Waals surface area contributed by atoms with Crippen LogP contribution in [0.3, 0.4) is 0 Å². The molecule has 2 aromatic carbocycles. The summed E-state index contributed by atoms with van der Waals surface area (Å²) in [6.07, 6.45) is 0. The molecule has 0 atom stereocenters. The highest BCUT2D eigenvalue weighted by Gasteiger charge is 2.22. The van der Waals surface area contributed by atoms with Crippen molar-refractivity contribution >= 4 is 58.0 Å². The van der Waals surface area contributed by atoms with Gasteiger partial charge in [0.05, 0.1) is 20.1 Å². The fourth-order valence-corrected chi connectivity index (χ4v) is 4.29. The van der Waals surface area contributed by atoms with Gasteiger partial charge in [-0.1, -0.05) is 100 Å². The molecule has 2 aromatic rings. The molecule has 0 N–H and O–H groups in total. The average molecular weight is 490 g/mol. The second kappa shape index (κ2) is 10.0. The van der Waals surface area contributed by atoms with E-state index >= 15 is 0 Å². The molecule has 0 fully saturated rings. The molecule has 0 aliphatic rings.